The molecular formula is C45H56HfSi. The molecule has 4 aromatic rings. The molecule has 0 aromatic heterocycles. The first-order valence-corrected chi connectivity index (χ1v) is 43.9. The molecule has 0 amide bonds. The van der Waals surface area contributed by atoms with Crippen LogP contribution in [0.2, 0.25) is 17.7 Å². The number of hydrogen-bond donors (Lipinski definition) is 0. The molecule has 7 rings (SSSR count). The molecule has 0 spiro atoms. The summed E-state index contributed by atoms with van der Waals surface area (Å²) in [6.07, 6.45) is 17.3. The molecule has 4 aromatic carbocycles. The molecule has 0 nitrogen and oxygen atoms in total. The number of allylic oxidation sites excluding steroid dienone is 2. The van der Waals surface area contributed by atoms with Gasteiger partial charge in [-0.1, -0.05) is 0 Å². The van der Waals surface area contributed by atoms with E-state index >= 15 is 0 Å². The average molecular weight is 804 g/mol. The van der Waals surface area contributed by atoms with Crippen molar-refractivity contribution in [3.8, 4) is 22.3 Å². The third kappa shape index (κ3) is 4.90. The van der Waals surface area contributed by atoms with Crippen LogP contribution in [0.3, 0.4) is 0 Å². The molecule has 1 fully saturated rings. The van der Waals surface area contributed by atoms with Gasteiger partial charge in [0, 0.05) is 0 Å². The first-order chi connectivity index (χ1) is 22.2. The van der Waals surface area contributed by atoms with Crippen molar-refractivity contribution in [2.24, 2.45) is 0 Å². The van der Waals surface area contributed by atoms with Crippen LogP contribution in [0.25, 0.3) is 34.4 Å². The maximum absolute atomic E-state index is 5.08. The van der Waals surface area contributed by atoms with Gasteiger partial charge in [0.05, 0.1) is 0 Å². The Morgan fingerprint density at radius 3 is 1.34 bits per heavy atom. The Hall–Kier alpha value is -2.55. The van der Waals surface area contributed by atoms with E-state index < -0.39 is 14.2 Å². The number of rotatable bonds is 7. The molecule has 3 aliphatic carbocycles. The van der Waals surface area contributed by atoms with Crippen molar-refractivity contribution in [1.29, 1.82) is 0 Å². The Balaban J connectivity index is 1.41. The summed E-state index contributed by atoms with van der Waals surface area (Å²) in [5.41, 5.74) is 14.4. The predicted octanol–water partition coefficient (Wildman–Crippen LogP) is 13.3. The fourth-order valence-electron chi connectivity index (χ4n) is 10.9. The Morgan fingerprint density at radius 1 is 0.553 bits per heavy atom. The van der Waals surface area contributed by atoms with Crippen molar-refractivity contribution in [3.63, 3.8) is 0 Å². The van der Waals surface area contributed by atoms with Crippen molar-refractivity contribution in [1.82, 2.24) is 0 Å². The Bertz CT molecular complexity index is 1910. The third-order valence-electron chi connectivity index (χ3n) is 14.3. The molecule has 2 unspecified atom stereocenters. The van der Waals surface area contributed by atoms with Gasteiger partial charge in [-0.2, -0.15) is 0 Å². The van der Waals surface area contributed by atoms with E-state index in [1.54, 1.807) is 11.1 Å². The van der Waals surface area contributed by atoms with Crippen LogP contribution in [-0.4, -0.2) is 6.94 Å². The molecule has 3 aliphatic rings. The van der Waals surface area contributed by atoms with Gasteiger partial charge in [0.25, 0.3) is 0 Å². The van der Waals surface area contributed by atoms with Crippen molar-refractivity contribution in [3.05, 3.63) is 130 Å². The third-order valence-corrected chi connectivity index (χ3v) is 67.9. The molecule has 47 heavy (non-hydrogen) atoms. The van der Waals surface area contributed by atoms with E-state index in [9.17, 15) is 0 Å². The zero-order valence-corrected chi connectivity index (χ0v) is 35.0. The fraction of sp³-hybridized carbons (Fsp3) is 0.378. The predicted molar refractivity (Wildman–Crippen MR) is 208 cm³/mol. The summed E-state index contributed by atoms with van der Waals surface area (Å²) in [6, 6.07) is 33.2. The minimum absolute atomic E-state index is 0.445. The van der Waals surface area contributed by atoms with Gasteiger partial charge < -0.3 is 0 Å². The van der Waals surface area contributed by atoms with Crippen LogP contribution in [0.4, 0.5) is 0 Å². The van der Waals surface area contributed by atoms with Gasteiger partial charge in [-0.25, -0.2) is 0 Å². The van der Waals surface area contributed by atoms with E-state index in [1.807, 2.05) is 0 Å². The summed E-state index contributed by atoms with van der Waals surface area (Å²) in [5, 5.41) is 0. The van der Waals surface area contributed by atoms with E-state index in [2.05, 4.69) is 158 Å². The summed E-state index contributed by atoms with van der Waals surface area (Å²) in [7, 11) is 0. The number of benzene rings is 4. The van der Waals surface area contributed by atoms with Crippen LogP contribution in [0.5, 0.6) is 0 Å². The zero-order chi connectivity index (χ0) is 33.3. The monoisotopic (exact) mass is 804 g/mol. The van der Waals surface area contributed by atoms with E-state index in [1.165, 1.54) is 76.6 Å². The molecule has 1 saturated carbocycles. The summed E-state index contributed by atoms with van der Waals surface area (Å²) in [4.78, 5) is 0. The molecule has 2 heteroatoms. The van der Waals surface area contributed by atoms with Gasteiger partial charge in [-0.15, -0.1) is 0 Å². The van der Waals surface area contributed by atoms with Crippen LogP contribution in [0.15, 0.2) is 97.1 Å². The second-order valence-electron chi connectivity index (χ2n) is 19.4. The zero-order valence-electron chi connectivity index (χ0n) is 30.0. The summed E-state index contributed by atoms with van der Waals surface area (Å²) >= 11 is -5.08. The standard InChI is InChI=1S/2C18H17.C6H11.3CH3.Hf.H2Si/c2*1-13(2)14-9-11-16(12-10-14)18-8-4-6-15-5-3-7-17(15)18;1-2-4-6-5-3-1;;;;;/h2*3-13H,1-2H3;1H,2-6H2;3*1H3;;1H2. The molecule has 2 atom stereocenters. The van der Waals surface area contributed by atoms with E-state index in [4.69, 9.17) is 0 Å². The first kappa shape index (κ1) is 33.0. The van der Waals surface area contributed by atoms with Crippen molar-refractivity contribution < 1.29 is 14.2 Å². The van der Waals surface area contributed by atoms with E-state index in [0.29, 0.717) is 19.2 Å². The van der Waals surface area contributed by atoms with Crippen molar-refractivity contribution >= 4 is 19.1 Å². The van der Waals surface area contributed by atoms with Gasteiger partial charge in [0.2, 0.25) is 0 Å². The van der Waals surface area contributed by atoms with Gasteiger partial charge in [0.15, 0.2) is 0 Å². The maximum atomic E-state index is 2.92. The molecule has 0 bridgehead atoms. The molecule has 0 saturated heterocycles. The normalized spacial score (nSPS) is 21.7. The van der Waals surface area contributed by atoms with Gasteiger partial charge in [-0.3, -0.25) is 0 Å². The summed E-state index contributed by atoms with van der Waals surface area (Å²) < 4.78 is 10.4. The second kappa shape index (κ2) is 10.5. The second-order valence-corrected chi connectivity index (χ2v) is 99.3. The molecule has 244 valence electrons. The summed E-state index contributed by atoms with van der Waals surface area (Å²) in [5.74, 6) is 1.09. The van der Waals surface area contributed by atoms with E-state index in [-0.39, 0.29) is 0 Å². The Kier molecular flexibility index (Phi) is 7.35. The molecule has 0 heterocycles. The van der Waals surface area contributed by atoms with Gasteiger partial charge >= 0.3 is 283 Å². The van der Waals surface area contributed by atoms with Crippen molar-refractivity contribution in [2.45, 2.75) is 96.7 Å². The van der Waals surface area contributed by atoms with Crippen LogP contribution in [-0.2, 0) is 14.2 Å². The van der Waals surface area contributed by atoms with Crippen LogP contribution < -0.4 is 0 Å². The van der Waals surface area contributed by atoms with E-state index in [0.717, 1.165) is 3.67 Å². The molecular weight excluding hydrogens is 747 g/mol. The average Bonchev–Trinajstić information content (AvgIpc) is 3.72. The minimum atomic E-state index is -5.08. The van der Waals surface area contributed by atoms with Crippen LogP contribution in [0.1, 0.15) is 112 Å². The Labute approximate surface area is 280 Å². The molecule has 0 radical (unpaired) electrons. The SMILES string of the molecule is CC(C)c1ccc(-c2cccc3c2C=C[CH]3[Hf]([CH3])([CH3])([CH3])(=[SiH2])([CH]2CCCCC2)[CH]2C=Cc3c(-c4ccc(C(C)C)cc4)cccc32)cc1. The van der Waals surface area contributed by atoms with Gasteiger partial charge in [-0.05, 0) is 0 Å². The quantitative estimate of drug-likeness (QED) is 0.163. The Morgan fingerprint density at radius 2 is 0.957 bits per heavy atom. The van der Waals surface area contributed by atoms with Gasteiger partial charge in [0.1, 0.15) is 0 Å². The molecule has 0 aliphatic heterocycles. The molecule has 0 N–H and O–H groups in total. The first-order valence-electron chi connectivity index (χ1n) is 18.5. The van der Waals surface area contributed by atoms with Crippen LogP contribution >= 0.6 is 0 Å². The number of hydrogen-bond acceptors (Lipinski definition) is 0. The van der Waals surface area contributed by atoms with Crippen LogP contribution in [0, 0.1) is 0 Å². The topological polar surface area (TPSA) is 0 Å². The number of fused-ring (bicyclic) bond motifs is 2. The summed E-state index contributed by atoms with van der Waals surface area (Å²) in [6.45, 7) is 11.7. The fourth-order valence-corrected chi connectivity index (χ4v) is 56.8. The van der Waals surface area contributed by atoms with Crippen molar-refractivity contribution in [2.75, 3.05) is 0 Å².